The number of carbonyl (C=O) groups excluding carboxylic acids is 2. The molecule has 1 heterocycles. The molecule has 1 saturated heterocycles. The summed E-state index contributed by atoms with van der Waals surface area (Å²) in [6, 6.07) is 15.3. The van der Waals surface area contributed by atoms with Crippen molar-refractivity contribution in [2.75, 3.05) is 13.1 Å². The first-order chi connectivity index (χ1) is 13.0. The van der Waals surface area contributed by atoms with Gasteiger partial charge in [0.2, 0.25) is 11.8 Å². The summed E-state index contributed by atoms with van der Waals surface area (Å²) in [7, 11) is 0. The summed E-state index contributed by atoms with van der Waals surface area (Å²) in [5.41, 5.74) is 1.19. The van der Waals surface area contributed by atoms with Crippen LogP contribution in [0.3, 0.4) is 0 Å². The summed E-state index contributed by atoms with van der Waals surface area (Å²) in [6.07, 6.45) is 1.27. The lowest BCUT2D eigenvalue weighted by Gasteiger charge is -2.25. The molecule has 140 valence electrons. The molecule has 1 fully saturated rings. The predicted octanol–water partition coefficient (Wildman–Crippen LogP) is 2.62. The highest BCUT2D eigenvalue weighted by atomic mass is 16.6. The van der Waals surface area contributed by atoms with Gasteiger partial charge in [0.05, 0.1) is 17.4 Å². The molecule has 0 aromatic heterocycles. The van der Waals surface area contributed by atoms with E-state index in [2.05, 4.69) is 5.32 Å². The minimum atomic E-state index is -0.486. The number of likely N-dealkylation sites (tertiary alicyclic amines) is 1. The van der Waals surface area contributed by atoms with Crippen LogP contribution < -0.4 is 5.32 Å². The predicted molar refractivity (Wildman–Crippen MR) is 99.9 cm³/mol. The van der Waals surface area contributed by atoms with Gasteiger partial charge < -0.3 is 10.2 Å². The van der Waals surface area contributed by atoms with E-state index >= 15 is 0 Å². The van der Waals surface area contributed by atoms with Crippen molar-refractivity contribution in [3.05, 3.63) is 75.8 Å². The smallest absolute Gasteiger partial charge is 0.273 e. The van der Waals surface area contributed by atoms with Gasteiger partial charge in [0.25, 0.3) is 5.69 Å². The molecule has 0 unspecified atom stereocenters. The zero-order chi connectivity index (χ0) is 19.2. The van der Waals surface area contributed by atoms with Gasteiger partial charge in [-0.3, -0.25) is 19.7 Å². The van der Waals surface area contributed by atoms with Gasteiger partial charge in [0.15, 0.2) is 0 Å². The molecule has 7 nitrogen and oxygen atoms in total. The number of nitrogens with one attached hydrogen (secondary N) is 1. The van der Waals surface area contributed by atoms with Gasteiger partial charge in [-0.05, 0) is 12.0 Å². The molecule has 1 N–H and O–H groups in total. The van der Waals surface area contributed by atoms with E-state index in [-0.39, 0.29) is 30.0 Å². The van der Waals surface area contributed by atoms with Crippen LogP contribution in [0.4, 0.5) is 5.69 Å². The van der Waals surface area contributed by atoms with E-state index in [9.17, 15) is 19.7 Å². The maximum atomic E-state index is 12.6. The van der Waals surface area contributed by atoms with Gasteiger partial charge in [-0.2, -0.15) is 0 Å². The van der Waals surface area contributed by atoms with Crippen molar-refractivity contribution in [3.63, 3.8) is 0 Å². The van der Waals surface area contributed by atoms with Crippen molar-refractivity contribution in [3.8, 4) is 0 Å². The molecule has 27 heavy (non-hydrogen) atoms. The summed E-state index contributed by atoms with van der Waals surface area (Å²) >= 11 is 0. The SMILES string of the molecule is O=C(Cc1ccccc1[N+](=O)[O-])N[C@H](CN1CCCC1=O)c1ccccc1. The lowest BCUT2D eigenvalue weighted by Crippen LogP contribution is -2.39. The highest BCUT2D eigenvalue weighted by Gasteiger charge is 2.26. The fourth-order valence-corrected chi connectivity index (χ4v) is 3.29. The summed E-state index contributed by atoms with van der Waals surface area (Å²) in [4.78, 5) is 37.0. The molecule has 2 aromatic carbocycles. The van der Waals surface area contributed by atoms with Crippen molar-refractivity contribution in [1.29, 1.82) is 0 Å². The zero-order valence-electron chi connectivity index (χ0n) is 14.8. The number of carbonyl (C=O) groups is 2. The quantitative estimate of drug-likeness (QED) is 0.601. The Bertz CT molecular complexity index is 838. The Labute approximate surface area is 157 Å². The van der Waals surface area contributed by atoms with Crippen molar-refractivity contribution in [1.82, 2.24) is 10.2 Å². The summed E-state index contributed by atoms with van der Waals surface area (Å²) in [6.45, 7) is 1.08. The Morgan fingerprint density at radius 3 is 2.52 bits per heavy atom. The molecule has 1 aliphatic heterocycles. The monoisotopic (exact) mass is 367 g/mol. The number of nitro groups is 1. The first-order valence-corrected chi connectivity index (χ1v) is 8.89. The van der Waals surface area contributed by atoms with E-state index in [1.165, 1.54) is 6.07 Å². The first-order valence-electron chi connectivity index (χ1n) is 8.89. The van der Waals surface area contributed by atoms with Crippen molar-refractivity contribution >= 4 is 17.5 Å². The first kappa shape index (κ1) is 18.6. The van der Waals surface area contributed by atoms with Crippen molar-refractivity contribution < 1.29 is 14.5 Å². The number of nitrogens with zero attached hydrogens (tertiary/aromatic N) is 2. The Kier molecular flexibility index (Phi) is 5.80. The highest BCUT2D eigenvalue weighted by Crippen LogP contribution is 2.21. The largest absolute Gasteiger partial charge is 0.347 e. The number of nitro benzene ring substituents is 1. The number of rotatable bonds is 7. The molecule has 1 atom stereocenters. The van der Waals surface area contributed by atoms with Crippen LogP contribution in [0, 0.1) is 10.1 Å². The highest BCUT2D eigenvalue weighted by molar-refractivity contribution is 5.81. The number of benzene rings is 2. The van der Waals surface area contributed by atoms with Gasteiger partial charge in [0.1, 0.15) is 0 Å². The van der Waals surface area contributed by atoms with Crippen LogP contribution in [0.15, 0.2) is 54.6 Å². The van der Waals surface area contributed by atoms with Gasteiger partial charge >= 0.3 is 0 Å². The van der Waals surface area contributed by atoms with Gasteiger partial charge in [0, 0.05) is 31.1 Å². The Balaban J connectivity index is 1.74. The number of hydrogen-bond donors (Lipinski definition) is 1. The van der Waals surface area contributed by atoms with Gasteiger partial charge in [-0.1, -0.05) is 48.5 Å². The second-order valence-electron chi connectivity index (χ2n) is 6.54. The zero-order valence-corrected chi connectivity index (χ0v) is 14.8. The second-order valence-corrected chi connectivity index (χ2v) is 6.54. The molecule has 0 radical (unpaired) electrons. The van der Waals surface area contributed by atoms with Crippen LogP contribution in [-0.2, 0) is 16.0 Å². The molecule has 0 saturated carbocycles. The molecular weight excluding hydrogens is 346 g/mol. The molecule has 3 rings (SSSR count). The molecule has 2 aromatic rings. The van der Waals surface area contributed by atoms with Gasteiger partial charge in [-0.25, -0.2) is 0 Å². The van der Waals surface area contributed by atoms with Crippen molar-refractivity contribution in [2.45, 2.75) is 25.3 Å². The minimum absolute atomic E-state index is 0.0707. The lowest BCUT2D eigenvalue weighted by atomic mass is 10.0. The summed E-state index contributed by atoms with van der Waals surface area (Å²) in [5.74, 6) is -0.228. The topological polar surface area (TPSA) is 92.5 Å². The molecule has 7 heteroatoms. The van der Waals surface area contributed by atoms with Crippen LogP contribution in [0.1, 0.15) is 30.0 Å². The van der Waals surface area contributed by atoms with E-state index in [0.717, 1.165) is 12.0 Å². The van der Waals surface area contributed by atoms with E-state index in [4.69, 9.17) is 0 Å². The van der Waals surface area contributed by atoms with Crippen molar-refractivity contribution in [2.24, 2.45) is 0 Å². The third-order valence-electron chi connectivity index (χ3n) is 4.65. The molecule has 0 spiro atoms. The molecule has 2 amide bonds. The standard InChI is InChI=1S/C20H21N3O4/c24-19(13-16-9-4-5-10-18(16)23(26)27)21-17(15-7-2-1-3-8-15)14-22-12-6-11-20(22)25/h1-5,7-10,17H,6,11-14H2,(H,21,24)/t17-/m1/s1. The van der Waals surface area contributed by atoms with Crippen LogP contribution in [0.5, 0.6) is 0 Å². The Morgan fingerprint density at radius 2 is 1.85 bits per heavy atom. The normalized spacial score (nSPS) is 14.8. The van der Waals surface area contributed by atoms with E-state index in [1.54, 1.807) is 23.1 Å². The lowest BCUT2D eigenvalue weighted by molar-refractivity contribution is -0.385. The Hall–Kier alpha value is -3.22. The third kappa shape index (κ3) is 4.69. The summed E-state index contributed by atoms with van der Waals surface area (Å²) < 4.78 is 0. The van der Waals surface area contributed by atoms with Crippen LogP contribution in [0.2, 0.25) is 0 Å². The maximum Gasteiger partial charge on any atom is 0.273 e. The molecule has 0 bridgehead atoms. The number of hydrogen-bond acceptors (Lipinski definition) is 4. The molecule has 0 aliphatic carbocycles. The average molecular weight is 367 g/mol. The van der Waals surface area contributed by atoms with Gasteiger partial charge in [-0.15, -0.1) is 0 Å². The van der Waals surface area contributed by atoms with Crippen LogP contribution in [0.25, 0.3) is 0 Å². The van der Waals surface area contributed by atoms with E-state index in [1.807, 2.05) is 30.3 Å². The minimum Gasteiger partial charge on any atom is -0.347 e. The Morgan fingerprint density at radius 1 is 1.15 bits per heavy atom. The average Bonchev–Trinajstić information content (AvgIpc) is 3.07. The summed E-state index contributed by atoms with van der Waals surface area (Å²) in [5, 5.41) is 14.1. The fourth-order valence-electron chi connectivity index (χ4n) is 3.29. The van der Waals surface area contributed by atoms with E-state index < -0.39 is 4.92 Å². The maximum absolute atomic E-state index is 12.6. The van der Waals surface area contributed by atoms with Crippen LogP contribution in [-0.4, -0.2) is 34.7 Å². The van der Waals surface area contributed by atoms with E-state index in [0.29, 0.717) is 25.1 Å². The molecule has 1 aliphatic rings. The third-order valence-corrected chi connectivity index (χ3v) is 4.65. The fraction of sp³-hybridized carbons (Fsp3) is 0.300. The molecular formula is C20H21N3O4. The number of amides is 2. The van der Waals surface area contributed by atoms with Crippen LogP contribution >= 0.6 is 0 Å². The number of para-hydroxylation sites is 1. The second kappa shape index (κ2) is 8.44.